The van der Waals surface area contributed by atoms with Gasteiger partial charge in [0.2, 0.25) is 0 Å². The number of ether oxygens (including phenoxy) is 1. The lowest BCUT2D eigenvalue weighted by Crippen LogP contribution is -2.19. The lowest BCUT2D eigenvalue weighted by molar-refractivity contribution is 0.309. The summed E-state index contributed by atoms with van der Waals surface area (Å²) in [6, 6.07) is 0. The largest absolute Gasteiger partial charge is 0.354 e. The van der Waals surface area contributed by atoms with Crippen LogP contribution in [0.3, 0.4) is 0 Å². The zero-order chi connectivity index (χ0) is 7.24. The third-order valence-corrected chi connectivity index (χ3v) is 2.61. The van der Waals surface area contributed by atoms with Gasteiger partial charge in [0.15, 0.2) is 0 Å². The van der Waals surface area contributed by atoms with Crippen molar-refractivity contribution in [3.8, 4) is 0 Å². The van der Waals surface area contributed by atoms with E-state index in [2.05, 4.69) is 38.2 Å². The van der Waals surface area contributed by atoms with Gasteiger partial charge in [-0.1, -0.05) is 19.1 Å². The predicted molar refractivity (Wildman–Crippen MR) is 40.8 cm³/mol. The van der Waals surface area contributed by atoms with Crippen molar-refractivity contribution in [3.63, 3.8) is 0 Å². The van der Waals surface area contributed by atoms with Gasteiger partial charge in [0, 0.05) is 0 Å². The molecule has 1 saturated heterocycles. The minimum absolute atomic E-state index is 0.0243. The Hall–Kier alpha value is -0.560. The Morgan fingerprint density at radius 2 is 2.00 bits per heavy atom. The fraction of sp³-hybridized carbons (Fsp3) is 0.556. The Bertz CT molecular complexity index is 217. The Kier molecular flexibility index (Phi) is 0.948. The average molecular weight is 136 g/mol. The molecule has 0 N–H and O–H groups in total. The van der Waals surface area contributed by atoms with Gasteiger partial charge in [-0.05, 0) is 25.5 Å². The first kappa shape index (κ1) is 6.17. The van der Waals surface area contributed by atoms with Crippen LogP contribution in [0, 0.1) is 0 Å². The molecule has 0 spiro atoms. The second kappa shape index (κ2) is 1.54. The molecule has 1 nitrogen and oxygen atoms in total. The number of epoxide rings is 1. The van der Waals surface area contributed by atoms with E-state index in [1.807, 2.05) is 0 Å². The zero-order valence-corrected chi connectivity index (χ0v) is 6.42. The number of hydrogen-bond acceptors (Lipinski definition) is 1. The molecule has 0 amide bonds. The van der Waals surface area contributed by atoms with Crippen molar-refractivity contribution >= 4 is 0 Å². The first-order valence-corrected chi connectivity index (χ1v) is 3.80. The third-order valence-electron chi connectivity index (χ3n) is 2.61. The smallest absolute Gasteiger partial charge is 0.120 e. The molecule has 0 radical (unpaired) electrons. The quantitative estimate of drug-likeness (QED) is 0.502. The molecule has 2 aliphatic rings. The van der Waals surface area contributed by atoms with E-state index in [-0.39, 0.29) is 11.2 Å². The van der Waals surface area contributed by atoms with E-state index in [4.69, 9.17) is 4.74 Å². The van der Waals surface area contributed by atoms with Crippen LogP contribution in [-0.2, 0) is 4.74 Å². The lowest BCUT2D eigenvalue weighted by atomic mass is 9.88. The highest BCUT2D eigenvalue weighted by Gasteiger charge is 2.63. The molecule has 0 aromatic heterocycles. The first-order chi connectivity index (χ1) is 4.72. The van der Waals surface area contributed by atoms with E-state index in [0.717, 1.165) is 6.42 Å². The maximum atomic E-state index is 5.63. The summed E-state index contributed by atoms with van der Waals surface area (Å²) in [4.78, 5) is 0. The summed E-state index contributed by atoms with van der Waals surface area (Å²) < 4.78 is 5.63. The SMILES string of the molecule is CCC12C=CC=CC1(C)O2. The van der Waals surface area contributed by atoms with Crippen molar-refractivity contribution in [1.29, 1.82) is 0 Å². The normalized spacial score (nSPS) is 49.0. The highest BCUT2D eigenvalue weighted by atomic mass is 16.6. The molecule has 1 heteroatoms. The van der Waals surface area contributed by atoms with Crippen molar-refractivity contribution in [2.75, 3.05) is 0 Å². The summed E-state index contributed by atoms with van der Waals surface area (Å²) in [6.45, 7) is 4.30. The van der Waals surface area contributed by atoms with Gasteiger partial charge in [-0.15, -0.1) is 0 Å². The van der Waals surface area contributed by atoms with E-state index in [0.29, 0.717) is 0 Å². The monoisotopic (exact) mass is 136 g/mol. The molecule has 1 fully saturated rings. The molecular formula is C9H12O. The van der Waals surface area contributed by atoms with Gasteiger partial charge in [-0.3, -0.25) is 0 Å². The molecule has 0 saturated carbocycles. The molecule has 0 aromatic carbocycles. The van der Waals surface area contributed by atoms with Gasteiger partial charge in [0.25, 0.3) is 0 Å². The van der Waals surface area contributed by atoms with Crippen molar-refractivity contribution in [2.45, 2.75) is 31.5 Å². The van der Waals surface area contributed by atoms with Crippen LogP contribution >= 0.6 is 0 Å². The van der Waals surface area contributed by atoms with Gasteiger partial charge in [0.05, 0.1) is 0 Å². The van der Waals surface area contributed by atoms with Gasteiger partial charge >= 0.3 is 0 Å². The summed E-state index contributed by atoms with van der Waals surface area (Å²) in [5.74, 6) is 0. The molecular weight excluding hydrogens is 124 g/mol. The van der Waals surface area contributed by atoms with E-state index in [9.17, 15) is 0 Å². The first-order valence-electron chi connectivity index (χ1n) is 3.80. The summed E-state index contributed by atoms with van der Waals surface area (Å²) in [6.07, 6.45) is 9.49. The minimum atomic E-state index is 0.0243. The standard InChI is InChI=1S/C9H12O/c1-3-9-7-5-4-6-8(9,2)10-9/h4-7H,3H2,1-2H3. The van der Waals surface area contributed by atoms with Gasteiger partial charge in [0.1, 0.15) is 11.2 Å². The summed E-state index contributed by atoms with van der Waals surface area (Å²) in [5.41, 5.74) is 0.0816. The van der Waals surface area contributed by atoms with Gasteiger partial charge < -0.3 is 4.74 Å². The van der Waals surface area contributed by atoms with Crippen LogP contribution in [0.1, 0.15) is 20.3 Å². The molecule has 2 unspecified atom stereocenters. The molecule has 0 bridgehead atoms. The van der Waals surface area contributed by atoms with E-state index < -0.39 is 0 Å². The fourth-order valence-corrected chi connectivity index (χ4v) is 1.72. The van der Waals surface area contributed by atoms with Crippen molar-refractivity contribution in [2.24, 2.45) is 0 Å². The molecule has 54 valence electrons. The van der Waals surface area contributed by atoms with Crippen molar-refractivity contribution < 1.29 is 4.74 Å². The Morgan fingerprint density at radius 1 is 1.30 bits per heavy atom. The average Bonchev–Trinajstić information content (AvgIpc) is 2.56. The van der Waals surface area contributed by atoms with Crippen LogP contribution in [0.25, 0.3) is 0 Å². The van der Waals surface area contributed by atoms with Gasteiger partial charge in [-0.2, -0.15) is 0 Å². The molecule has 1 heterocycles. The highest BCUT2D eigenvalue weighted by molar-refractivity contribution is 5.37. The minimum Gasteiger partial charge on any atom is -0.354 e. The Morgan fingerprint density at radius 3 is 2.50 bits per heavy atom. The topological polar surface area (TPSA) is 12.5 Å². The summed E-state index contributed by atoms with van der Waals surface area (Å²) in [7, 11) is 0. The number of hydrogen-bond donors (Lipinski definition) is 0. The molecule has 1 aliphatic carbocycles. The van der Waals surface area contributed by atoms with E-state index >= 15 is 0 Å². The maximum Gasteiger partial charge on any atom is 0.120 e. The second-order valence-corrected chi connectivity index (χ2v) is 3.17. The van der Waals surface area contributed by atoms with Crippen LogP contribution in [0.5, 0.6) is 0 Å². The van der Waals surface area contributed by atoms with E-state index in [1.165, 1.54) is 0 Å². The number of rotatable bonds is 1. The van der Waals surface area contributed by atoms with Gasteiger partial charge in [-0.25, -0.2) is 0 Å². The fourth-order valence-electron chi connectivity index (χ4n) is 1.72. The van der Waals surface area contributed by atoms with Crippen LogP contribution in [-0.4, -0.2) is 11.2 Å². The van der Waals surface area contributed by atoms with Crippen LogP contribution in [0.2, 0.25) is 0 Å². The van der Waals surface area contributed by atoms with Crippen LogP contribution in [0.15, 0.2) is 24.3 Å². The molecule has 2 atom stereocenters. The maximum absolute atomic E-state index is 5.63. The predicted octanol–water partition coefficient (Wildman–Crippen LogP) is 2.05. The Labute approximate surface area is 61.4 Å². The molecule has 10 heavy (non-hydrogen) atoms. The highest BCUT2D eigenvalue weighted by Crippen LogP contribution is 2.53. The molecule has 1 aliphatic heterocycles. The van der Waals surface area contributed by atoms with Crippen LogP contribution < -0.4 is 0 Å². The van der Waals surface area contributed by atoms with E-state index in [1.54, 1.807) is 0 Å². The summed E-state index contributed by atoms with van der Waals surface area (Å²) >= 11 is 0. The second-order valence-electron chi connectivity index (χ2n) is 3.17. The third kappa shape index (κ3) is 0.517. The summed E-state index contributed by atoms with van der Waals surface area (Å²) in [5, 5.41) is 0. The van der Waals surface area contributed by atoms with Crippen LogP contribution in [0.4, 0.5) is 0 Å². The number of fused-ring (bicyclic) bond motifs is 1. The zero-order valence-electron chi connectivity index (χ0n) is 6.42. The molecule has 2 rings (SSSR count). The molecule has 0 aromatic rings. The van der Waals surface area contributed by atoms with Crippen molar-refractivity contribution in [3.05, 3.63) is 24.3 Å². The number of allylic oxidation sites excluding steroid dienone is 2. The lowest BCUT2D eigenvalue weighted by Gasteiger charge is -2.09. The van der Waals surface area contributed by atoms with Crippen molar-refractivity contribution in [1.82, 2.24) is 0 Å². The Balaban J connectivity index is 2.32.